The minimum absolute atomic E-state index is 0.260. The fourth-order valence-corrected chi connectivity index (χ4v) is 4.80. The van der Waals surface area contributed by atoms with Gasteiger partial charge in [0.1, 0.15) is 10.2 Å². The summed E-state index contributed by atoms with van der Waals surface area (Å²) in [6.45, 7) is 4.10. The number of aromatic nitrogens is 1. The van der Waals surface area contributed by atoms with E-state index < -0.39 is 0 Å². The van der Waals surface area contributed by atoms with Crippen LogP contribution in [0.1, 0.15) is 11.1 Å². The van der Waals surface area contributed by atoms with Crippen LogP contribution in [-0.4, -0.2) is 4.98 Å². The average Bonchev–Trinajstić information content (AvgIpc) is 2.60. The van der Waals surface area contributed by atoms with Crippen LogP contribution in [0, 0.1) is 13.8 Å². The van der Waals surface area contributed by atoms with Crippen molar-refractivity contribution in [3.05, 3.63) is 74.9 Å². The lowest BCUT2D eigenvalue weighted by atomic mass is 10.2. The highest BCUT2D eigenvalue weighted by Crippen LogP contribution is 2.46. The SMILES string of the molecule is Cc1ccc(Sc2nc(Cl)c(Cl)c(Sc3ccc(C)cc3)c2Cl)cc1. The van der Waals surface area contributed by atoms with Gasteiger partial charge in [-0.3, -0.25) is 0 Å². The Hall–Kier alpha value is -0.840. The molecule has 0 aliphatic heterocycles. The molecule has 0 atom stereocenters. The zero-order chi connectivity index (χ0) is 18.0. The van der Waals surface area contributed by atoms with E-state index in [0.29, 0.717) is 15.1 Å². The van der Waals surface area contributed by atoms with Crippen LogP contribution in [0.3, 0.4) is 0 Å². The average molecular weight is 427 g/mol. The van der Waals surface area contributed by atoms with Crippen LogP contribution in [0.4, 0.5) is 0 Å². The molecule has 1 nitrogen and oxygen atoms in total. The maximum absolute atomic E-state index is 6.60. The van der Waals surface area contributed by atoms with Crippen molar-refractivity contribution in [3.8, 4) is 0 Å². The predicted molar refractivity (Wildman–Crippen MR) is 110 cm³/mol. The molecule has 0 N–H and O–H groups in total. The Morgan fingerprint density at radius 2 is 1.16 bits per heavy atom. The lowest BCUT2D eigenvalue weighted by molar-refractivity contribution is 1.09. The Labute approximate surface area is 171 Å². The molecule has 3 aromatic rings. The normalized spacial score (nSPS) is 10.9. The van der Waals surface area contributed by atoms with Gasteiger partial charge in [-0.15, -0.1) is 0 Å². The van der Waals surface area contributed by atoms with Gasteiger partial charge in [0.25, 0.3) is 0 Å². The molecule has 0 aliphatic carbocycles. The van der Waals surface area contributed by atoms with Crippen LogP contribution in [0.15, 0.2) is 68.2 Å². The zero-order valence-corrected chi connectivity index (χ0v) is 17.4. The molecule has 0 saturated carbocycles. The number of hydrogen-bond acceptors (Lipinski definition) is 3. The Morgan fingerprint density at radius 1 is 0.680 bits per heavy atom. The molecule has 2 aromatic carbocycles. The fraction of sp³-hybridized carbons (Fsp3) is 0.105. The minimum Gasteiger partial charge on any atom is -0.226 e. The molecule has 0 bridgehead atoms. The third-order valence-electron chi connectivity index (χ3n) is 3.44. The van der Waals surface area contributed by atoms with E-state index in [1.165, 1.54) is 34.7 Å². The third-order valence-corrected chi connectivity index (χ3v) is 7.00. The Morgan fingerprint density at radius 3 is 1.68 bits per heavy atom. The van der Waals surface area contributed by atoms with Gasteiger partial charge in [-0.2, -0.15) is 0 Å². The molecule has 0 unspecified atom stereocenters. The van der Waals surface area contributed by atoms with Crippen LogP contribution in [-0.2, 0) is 0 Å². The van der Waals surface area contributed by atoms with E-state index in [2.05, 4.69) is 36.2 Å². The monoisotopic (exact) mass is 425 g/mol. The molecule has 0 radical (unpaired) electrons. The van der Waals surface area contributed by atoms with Crippen LogP contribution in [0.25, 0.3) is 0 Å². The maximum Gasteiger partial charge on any atom is 0.150 e. The number of benzene rings is 2. The number of rotatable bonds is 4. The first kappa shape index (κ1) is 18.9. The summed E-state index contributed by atoms with van der Waals surface area (Å²) in [6, 6.07) is 16.3. The van der Waals surface area contributed by atoms with Gasteiger partial charge in [0, 0.05) is 9.79 Å². The summed E-state index contributed by atoms with van der Waals surface area (Å²) >= 11 is 22.2. The maximum atomic E-state index is 6.60. The molecular weight excluding hydrogens is 413 g/mol. The molecular formula is C19H14Cl3NS2. The highest BCUT2D eigenvalue weighted by molar-refractivity contribution is 8.00. The fourth-order valence-electron chi connectivity index (χ4n) is 2.07. The van der Waals surface area contributed by atoms with Gasteiger partial charge in [0.2, 0.25) is 0 Å². The molecule has 1 heterocycles. The second-order valence-corrected chi connectivity index (χ2v) is 8.76. The Bertz CT molecular complexity index is 894. The molecule has 0 amide bonds. The van der Waals surface area contributed by atoms with Gasteiger partial charge in [0.15, 0.2) is 0 Å². The van der Waals surface area contributed by atoms with E-state index in [4.69, 9.17) is 34.8 Å². The molecule has 1 aromatic heterocycles. The lowest BCUT2D eigenvalue weighted by Crippen LogP contribution is -1.90. The quantitative estimate of drug-likeness (QED) is 0.393. The highest BCUT2D eigenvalue weighted by Gasteiger charge is 2.18. The first-order valence-electron chi connectivity index (χ1n) is 7.47. The van der Waals surface area contributed by atoms with Crippen LogP contribution < -0.4 is 0 Å². The zero-order valence-electron chi connectivity index (χ0n) is 13.5. The summed E-state index contributed by atoms with van der Waals surface area (Å²) in [4.78, 5) is 7.17. The van der Waals surface area contributed by atoms with Gasteiger partial charge in [-0.05, 0) is 38.1 Å². The van der Waals surface area contributed by atoms with Crippen molar-refractivity contribution in [2.75, 3.05) is 0 Å². The number of hydrogen-bond donors (Lipinski definition) is 0. The van der Waals surface area contributed by atoms with Crippen molar-refractivity contribution < 1.29 is 0 Å². The molecule has 128 valence electrons. The summed E-state index contributed by atoms with van der Waals surface area (Å²) < 4.78 is 0. The molecule has 3 rings (SSSR count). The Balaban J connectivity index is 1.96. The van der Waals surface area contributed by atoms with Gasteiger partial charge in [-0.1, -0.05) is 93.7 Å². The molecule has 0 spiro atoms. The number of pyridine rings is 1. The number of nitrogens with zero attached hydrogens (tertiary/aromatic N) is 1. The minimum atomic E-state index is 0.260. The molecule has 6 heteroatoms. The predicted octanol–water partition coefficient (Wildman–Crippen LogP) is 7.96. The van der Waals surface area contributed by atoms with Crippen LogP contribution in [0.5, 0.6) is 0 Å². The number of aryl methyl sites for hydroxylation is 2. The van der Waals surface area contributed by atoms with Gasteiger partial charge < -0.3 is 0 Å². The first-order valence-corrected chi connectivity index (χ1v) is 10.2. The summed E-state index contributed by atoms with van der Waals surface area (Å²) in [6.07, 6.45) is 0. The Kier molecular flexibility index (Phi) is 6.24. The number of halogens is 3. The lowest BCUT2D eigenvalue weighted by Gasteiger charge is -2.12. The standard InChI is InChI=1S/C19H14Cl3NS2/c1-11-3-7-13(8-4-11)24-17-15(20)18(22)23-19(16(17)21)25-14-9-5-12(2)6-10-14/h3-10H,1-2H3. The van der Waals surface area contributed by atoms with Gasteiger partial charge >= 0.3 is 0 Å². The molecule has 0 saturated heterocycles. The molecule has 0 fully saturated rings. The topological polar surface area (TPSA) is 12.9 Å². The largest absolute Gasteiger partial charge is 0.226 e. The van der Waals surface area contributed by atoms with Crippen molar-refractivity contribution in [1.82, 2.24) is 4.98 Å². The van der Waals surface area contributed by atoms with Crippen molar-refractivity contribution in [1.29, 1.82) is 0 Å². The summed E-state index contributed by atoms with van der Waals surface area (Å²) in [5.41, 5.74) is 2.40. The van der Waals surface area contributed by atoms with E-state index in [-0.39, 0.29) is 5.15 Å². The van der Waals surface area contributed by atoms with E-state index >= 15 is 0 Å². The summed E-state index contributed by atoms with van der Waals surface area (Å²) in [5, 5.41) is 1.81. The van der Waals surface area contributed by atoms with E-state index in [1.807, 2.05) is 31.2 Å². The van der Waals surface area contributed by atoms with Crippen molar-refractivity contribution in [2.45, 2.75) is 33.6 Å². The summed E-state index contributed by atoms with van der Waals surface area (Å²) in [7, 11) is 0. The van der Waals surface area contributed by atoms with E-state index in [0.717, 1.165) is 14.7 Å². The smallest absolute Gasteiger partial charge is 0.150 e. The molecule has 25 heavy (non-hydrogen) atoms. The highest BCUT2D eigenvalue weighted by atomic mass is 35.5. The molecule has 0 aliphatic rings. The first-order chi connectivity index (χ1) is 11.9. The van der Waals surface area contributed by atoms with Gasteiger partial charge in [0.05, 0.1) is 14.9 Å². The van der Waals surface area contributed by atoms with E-state index in [1.54, 1.807) is 0 Å². The van der Waals surface area contributed by atoms with Crippen molar-refractivity contribution in [3.63, 3.8) is 0 Å². The van der Waals surface area contributed by atoms with Crippen molar-refractivity contribution in [2.24, 2.45) is 0 Å². The van der Waals surface area contributed by atoms with Crippen LogP contribution in [0.2, 0.25) is 15.2 Å². The summed E-state index contributed by atoms with van der Waals surface area (Å²) in [5.74, 6) is 0. The van der Waals surface area contributed by atoms with Crippen LogP contribution >= 0.6 is 58.3 Å². The van der Waals surface area contributed by atoms with Crippen molar-refractivity contribution >= 4 is 58.3 Å². The second kappa shape index (κ2) is 8.24. The third kappa shape index (κ3) is 4.66. The second-order valence-electron chi connectivity index (χ2n) is 5.50. The van der Waals surface area contributed by atoms with E-state index in [9.17, 15) is 0 Å². The van der Waals surface area contributed by atoms with Gasteiger partial charge in [-0.25, -0.2) is 4.98 Å².